The largest absolute Gasteiger partial charge is 0.263 e. The van der Waals surface area contributed by atoms with Crippen molar-refractivity contribution in [2.75, 3.05) is 0 Å². The van der Waals surface area contributed by atoms with Gasteiger partial charge in [0.2, 0.25) is 0 Å². The molecule has 6 heteroatoms. The molecule has 0 spiro atoms. The maximum Gasteiger partial charge on any atom is 0.188 e. The topological polar surface area (TPSA) is 67.3 Å². The van der Waals surface area contributed by atoms with Crippen molar-refractivity contribution in [3.63, 3.8) is 0 Å². The smallest absolute Gasteiger partial charge is 0.188 e. The minimum Gasteiger partial charge on any atom is -0.263 e. The van der Waals surface area contributed by atoms with Gasteiger partial charge in [0.05, 0.1) is 5.25 Å². The molecular weight excluding hydrogens is 306 g/mol. The van der Waals surface area contributed by atoms with Crippen molar-refractivity contribution in [3.8, 4) is 0 Å². The Balaban J connectivity index is 1.69. The van der Waals surface area contributed by atoms with E-state index in [0.29, 0.717) is 0 Å². The van der Waals surface area contributed by atoms with E-state index in [1.54, 1.807) is 11.8 Å². The van der Waals surface area contributed by atoms with Crippen LogP contribution in [0.1, 0.15) is 40.8 Å². The van der Waals surface area contributed by atoms with E-state index in [-0.39, 0.29) is 5.25 Å². The maximum absolute atomic E-state index is 4.60. The van der Waals surface area contributed by atoms with Gasteiger partial charge in [0.25, 0.3) is 0 Å². The van der Waals surface area contributed by atoms with Crippen LogP contribution in [0.25, 0.3) is 0 Å². The first-order valence-electron chi connectivity index (χ1n) is 7.54. The highest BCUT2D eigenvalue weighted by Crippen LogP contribution is 2.30. The number of nitrogens with one attached hydrogen (secondary N) is 1. The fourth-order valence-corrected chi connectivity index (χ4v) is 3.24. The lowest BCUT2D eigenvalue weighted by atomic mass is 10.1. The van der Waals surface area contributed by atoms with Crippen molar-refractivity contribution < 1.29 is 0 Å². The number of hydrogen-bond acceptors (Lipinski definition) is 5. The SMILES string of the molecule is Cc1cc(C)nc(S[C@@H](C)c2n[nH]c(Cc3ccccc3)n2)n1. The molecule has 23 heavy (non-hydrogen) atoms. The Morgan fingerprint density at radius 2 is 1.74 bits per heavy atom. The Labute approximate surface area is 140 Å². The van der Waals surface area contributed by atoms with E-state index in [2.05, 4.69) is 44.2 Å². The summed E-state index contributed by atoms with van der Waals surface area (Å²) in [6.45, 7) is 6.03. The molecular formula is C17H19N5S. The third-order valence-corrected chi connectivity index (χ3v) is 4.33. The van der Waals surface area contributed by atoms with Crippen LogP contribution < -0.4 is 0 Å². The van der Waals surface area contributed by atoms with E-state index < -0.39 is 0 Å². The summed E-state index contributed by atoms with van der Waals surface area (Å²) in [5.41, 5.74) is 3.17. The van der Waals surface area contributed by atoms with Crippen LogP contribution in [0.2, 0.25) is 0 Å². The third kappa shape index (κ3) is 4.16. The average Bonchev–Trinajstić information content (AvgIpc) is 2.96. The van der Waals surface area contributed by atoms with Gasteiger partial charge in [0, 0.05) is 17.8 Å². The van der Waals surface area contributed by atoms with E-state index in [9.17, 15) is 0 Å². The lowest BCUT2D eigenvalue weighted by Gasteiger charge is -2.07. The number of hydrogen-bond donors (Lipinski definition) is 1. The van der Waals surface area contributed by atoms with Gasteiger partial charge in [-0.15, -0.1) is 0 Å². The summed E-state index contributed by atoms with van der Waals surface area (Å²) in [5.74, 6) is 1.66. The second kappa shape index (κ2) is 6.91. The minimum atomic E-state index is 0.0944. The molecule has 118 valence electrons. The van der Waals surface area contributed by atoms with E-state index in [4.69, 9.17) is 0 Å². The third-order valence-electron chi connectivity index (χ3n) is 3.37. The number of nitrogens with zero attached hydrogens (tertiary/aromatic N) is 4. The van der Waals surface area contributed by atoms with Gasteiger partial charge >= 0.3 is 0 Å². The summed E-state index contributed by atoms with van der Waals surface area (Å²) in [6.07, 6.45) is 0.755. The predicted molar refractivity (Wildman–Crippen MR) is 91.4 cm³/mol. The molecule has 1 aromatic carbocycles. The van der Waals surface area contributed by atoms with Crippen LogP contribution in [0.5, 0.6) is 0 Å². The quantitative estimate of drug-likeness (QED) is 0.573. The molecule has 0 amide bonds. The summed E-state index contributed by atoms with van der Waals surface area (Å²) < 4.78 is 0. The van der Waals surface area contributed by atoms with Crippen LogP contribution >= 0.6 is 11.8 Å². The minimum absolute atomic E-state index is 0.0944. The van der Waals surface area contributed by atoms with Gasteiger partial charge in [-0.05, 0) is 32.4 Å². The summed E-state index contributed by atoms with van der Waals surface area (Å²) in [6, 6.07) is 12.2. The summed E-state index contributed by atoms with van der Waals surface area (Å²) in [7, 11) is 0. The van der Waals surface area contributed by atoms with Crippen LogP contribution in [0.4, 0.5) is 0 Å². The van der Waals surface area contributed by atoms with Crippen molar-refractivity contribution in [1.82, 2.24) is 25.1 Å². The molecule has 2 heterocycles. The zero-order valence-corrected chi connectivity index (χ0v) is 14.3. The van der Waals surface area contributed by atoms with E-state index >= 15 is 0 Å². The molecule has 3 aromatic rings. The van der Waals surface area contributed by atoms with Gasteiger partial charge in [0.1, 0.15) is 5.82 Å². The van der Waals surface area contributed by atoms with Crippen LogP contribution in [0.15, 0.2) is 41.6 Å². The molecule has 0 unspecified atom stereocenters. The Hall–Kier alpha value is -2.21. The van der Waals surface area contributed by atoms with Crippen LogP contribution in [0.3, 0.4) is 0 Å². The molecule has 0 aliphatic heterocycles. The highest BCUT2D eigenvalue weighted by atomic mass is 32.2. The number of aromatic nitrogens is 5. The molecule has 0 aliphatic rings. The predicted octanol–water partition coefficient (Wildman–Crippen LogP) is 3.66. The Bertz CT molecular complexity index is 764. The molecule has 2 aromatic heterocycles. The Morgan fingerprint density at radius 3 is 2.43 bits per heavy atom. The van der Waals surface area contributed by atoms with Gasteiger partial charge in [0.15, 0.2) is 11.0 Å². The lowest BCUT2D eigenvalue weighted by Crippen LogP contribution is -1.97. The van der Waals surface area contributed by atoms with Crippen molar-refractivity contribution in [3.05, 3.63) is 65.0 Å². The van der Waals surface area contributed by atoms with Gasteiger partial charge < -0.3 is 0 Å². The van der Waals surface area contributed by atoms with Crippen LogP contribution in [0, 0.1) is 13.8 Å². The van der Waals surface area contributed by atoms with E-state index in [1.807, 2.05) is 38.1 Å². The number of benzene rings is 1. The fraction of sp³-hybridized carbons (Fsp3) is 0.294. The first kappa shape index (κ1) is 15.7. The molecule has 0 bridgehead atoms. The molecule has 1 atom stereocenters. The Morgan fingerprint density at radius 1 is 1.04 bits per heavy atom. The normalized spacial score (nSPS) is 12.3. The highest BCUT2D eigenvalue weighted by molar-refractivity contribution is 7.99. The second-order valence-electron chi connectivity index (χ2n) is 5.50. The summed E-state index contributed by atoms with van der Waals surface area (Å²) >= 11 is 1.58. The molecule has 0 fully saturated rings. The Kier molecular flexibility index (Phi) is 4.71. The number of aryl methyl sites for hydroxylation is 2. The molecule has 5 nitrogen and oxygen atoms in total. The fourth-order valence-electron chi connectivity index (χ4n) is 2.32. The average molecular weight is 325 g/mol. The molecule has 0 saturated carbocycles. The monoisotopic (exact) mass is 325 g/mol. The summed E-state index contributed by atoms with van der Waals surface area (Å²) in [4.78, 5) is 13.5. The number of H-pyrrole nitrogens is 1. The number of aromatic amines is 1. The molecule has 0 radical (unpaired) electrons. The van der Waals surface area contributed by atoms with Crippen LogP contribution in [-0.4, -0.2) is 25.1 Å². The van der Waals surface area contributed by atoms with Crippen LogP contribution in [-0.2, 0) is 6.42 Å². The molecule has 1 N–H and O–H groups in total. The second-order valence-corrected chi connectivity index (χ2v) is 6.80. The number of thioether (sulfide) groups is 1. The first-order valence-corrected chi connectivity index (χ1v) is 8.42. The van der Waals surface area contributed by atoms with Crippen molar-refractivity contribution in [2.24, 2.45) is 0 Å². The zero-order valence-electron chi connectivity index (χ0n) is 13.4. The first-order chi connectivity index (χ1) is 11.1. The number of rotatable bonds is 5. The van der Waals surface area contributed by atoms with Crippen molar-refractivity contribution in [2.45, 2.75) is 37.6 Å². The van der Waals surface area contributed by atoms with Gasteiger partial charge in [-0.25, -0.2) is 15.0 Å². The standard InChI is InChI=1S/C17H19N5S/c1-11-9-12(2)19-17(18-11)23-13(3)16-20-15(21-22-16)10-14-7-5-4-6-8-14/h4-9,13H,10H2,1-3H3,(H,20,21,22)/t13-/m0/s1. The maximum atomic E-state index is 4.60. The van der Waals surface area contributed by atoms with E-state index in [1.165, 1.54) is 5.56 Å². The zero-order chi connectivity index (χ0) is 16.2. The van der Waals surface area contributed by atoms with Gasteiger partial charge in [-0.3, -0.25) is 5.10 Å². The van der Waals surface area contributed by atoms with Crippen molar-refractivity contribution in [1.29, 1.82) is 0 Å². The van der Waals surface area contributed by atoms with Crippen molar-refractivity contribution >= 4 is 11.8 Å². The molecule has 0 saturated heterocycles. The van der Waals surface area contributed by atoms with E-state index in [0.717, 1.165) is 34.6 Å². The molecule has 3 rings (SSSR count). The summed E-state index contributed by atoms with van der Waals surface area (Å²) in [5, 5.41) is 8.23. The highest BCUT2D eigenvalue weighted by Gasteiger charge is 2.15. The lowest BCUT2D eigenvalue weighted by molar-refractivity contribution is 0.877. The van der Waals surface area contributed by atoms with Gasteiger partial charge in [-0.1, -0.05) is 42.1 Å². The molecule has 0 aliphatic carbocycles. The van der Waals surface area contributed by atoms with Gasteiger partial charge in [-0.2, -0.15) is 5.10 Å².